The van der Waals surface area contributed by atoms with E-state index in [1.54, 1.807) is 0 Å². The monoisotopic (exact) mass is 245 g/mol. The van der Waals surface area contributed by atoms with E-state index in [1.807, 2.05) is 13.8 Å². The normalized spacial score (nSPS) is 13.6. The van der Waals surface area contributed by atoms with Crippen LogP contribution in [0.5, 0.6) is 0 Å². The molecule has 1 atom stereocenters. The van der Waals surface area contributed by atoms with Crippen molar-refractivity contribution in [1.29, 1.82) is 0 Å². The van der Waals surface area contributed by atoms with Crippen LogP contribution >= 0.6 is 0 Å². The third kappa shape index (κ3) is 8.58. The number of nitrogens with one attached hydrogen (secondary N) is 1. The van der Waals surface area contributed by atoms with Crippen molar-refractivity contribution in [2.24, 2.45) is 5.92 Å². The zero-order valence-electron chi connectivity index (χ0n) is 12.3. The lowest BCUT2D eigenvalue weighted by Gasteiger charge is -2.28. The minimum Gasteiger partial charge on any atom is -0.351 e. The summed E-state index contributed by atoms with van der Waals surface area (Å²) in [7, 11) is 0. The maximum atomic E-state index is 5.69. The molecule has 0 fully saturated rings. The minimum atomic E-state index is -0.102. The smallest absolute Gasteiger partial charge is 0.172 e. The molecule has 0 aliphatic heterocycles. The Labute approximate surface area is 107 Å². The maximum absolute atomic E-state index is 5.69. The van der Waals surface area contributed by atoms with Crippen molar-refractivity contribution in [2.45, 2.75) is 66.2 Å². The van der Waals surface area contributed by atoms with E-state index in [0.29, 0.717) is 19.3 Å². The molecule has 104 valence electrons. The number of hydrogen-bond acceptors (Lipinski definition) is 3. The molecule has 0 heterocycles. The molecule has 0 aliphatic rings. The predicted molar refractivity (Wildman–Crippen MR) is 73.2 cm³/mol. The molecule has 0 aromatic heterocycles. The van der Waals surface area contributed by atoms with Crippen molar-refractivity contribution < 1.29 is 9.47 Å². The summed E-state index contributed by atoms with van der Waals surface area (Å²) < 4.78 is 11.4. The molecule has 0 spiro atoms. The highest BCUT2D eigenvalue weighted by molar-refractivity contribution is 4.72. The molecule has 0 rings (SSSR count). The van der Waals surface area contributed by atoms with Gasteiger partial charge in [0.2, 0.25) is 0 Å². The third-order valence-electron chi connectivity index (χ3n) is 2.70. The Morgan fingerprint density at radius 1 is 0.941 bits per heavy atom. The Bertz CT molecular complexity index is 156. The predicted octanol–water partition coefficient (Wildman–Crippen LogP) is 3.19. The van der Waals surface area contributed by atoms with Crippen LogP contribution in [-0.4, -0.2) is 32.1 Å². The van der Waals surface area contributed by atoms with Crippen molar-refractivity contribution in [1.82, 2.24) is 5.32 Å². The largest absolute Gasteiger partial charge is 0.351 e. The fourth-order valence-corrected chi connectivity index (χ4v) is 1.79. The molecule has 3 nitrogen and oxygen atoms in total. The zero-order chi connectivity index (χ0) is 13.1. The van der Waals surface area contributed by atoms with E-state index in [0.717, 1.165) is 25.3 Å². The van der Waals surface area contributed by atoms with E-state index in [-0.39, 0.29) is 6.29 Å². The van der Waals surface area contributed by atoms with Gasteiger partial charge in [0.1, 0.15) is 0 Å². The number of hydrogen-bond donors (Lipinski definition) is 1. The summed E-state index contributed by atoms with van der Waals surface area (Å²) >= 11 is 0. The van der Waals surface area contributed by atoms with Gasteiger partial charge in [-0.3, -0.25) is 0 Å². The number of rotatable bonds is 11. The summed E-state index contributed by atoms with van der Waals surface area (Å²) in [5, 5.41) is 3.54. The van der Waals surface area contributed by atoms with Crippen molar-refractivity contribution in [3.8, 4) is 0 Å². The van der Waals surface area contributed by atoms with Gasteiger partial charge in [0, 0.05) is 13.2 Å². The summed E-state index contributed by atoms with van der Waals surface area (Å²) in [4.78, 5) is 0. The lowest BCUT2D eigenvalue weighted by molar-refractivity contribution is -0.155. The van der Waals surface area contributed by atoms with E-state index >= 15 is 0 Å². The van der Waals surface area contributed by atoms with E-state index in [9.17, 15) is 0 Å². The van der Waals surface area contributed by atoms with Gasteiger partial charge in [-0.2, -0.15) is 0 Å². The topological polar surface area (TPSA) is 30.5 Å². The molecular weight excluding hydrogens is 214 g/mol. The van der Waals surface area contributed by atoms with Crippen molar-refractivity contribution in [3.05, 3.63) is 0 Å². The summed E-state index contributed by atoms with van der Waals surface area (Å²) in [6, 6.07) is 0.317. The molecule has 0 saturated heterocycles. The van der Waals surface area contributed by atoms with Crippen LogP contribution in [0, 0.1) is 5.92 Å². The highest BCUT2D eigenvalue weighted by atomic mass is 16.7. The summed E-state index contributed by atoms with van der Waals surface area (Å²) in [5.41, 5.74) is 0. The summed E-state index contributed by atoms with van der Waals surface area (Å²) in [6.45, 7) is 13.2. The van der Waals surface area contributed by atoms with Crippen LogP contribution in [0.3, 0.4) is 0 Å². The first-order chi connectivity index (χ1) is 8.15. The molecule has 3 heteroatoms. The van der Waals surface area contributed by atoms with Crippen molar-refractivity contribution in [3.63, 3.8) is 0 Å². The molecule has 1 unspecified atom stereocenters. The van der Waals surface area contributed by atoms with Gasteiger partial charge in [0.05, 0.1) is 6.04 Å². The van der Waals surface area contributed by atoms with E-state index in [2.05, 4.69) is 26.1 Å². The lowest BCUT2D eigenvalue weighted by Crippen LogP contribution is -2.43. The lowest BCUT2D eigenvalue weighted by atomic mass is 10.0. The SMILES string of the molecule is CCCNC(CCC(C)C)C(OCC)OCC. The van der Waals surface area contributed by atoms with Gasteiger partial charge in [-0.25, -0.2) is 0 Å². The third-order valence-corrected chi connectivity index (χ3v) is 2.70. The first-order valence-corrected chi connectivity index (χ1v) is 7.12. The summed E-state index contributed by atoms with van der Waals surface area (Å²) in [6.07, 6.45) is 3.36. The van der Waals surface area contributed by atoms with E-state index in [4.69, 9.17) is 9.47 Å². The van der Waals surface area contributed by atoms with E-state index in [1.165, 1.54) is 6.42 Å². The van der Waals surface area contributed by atoms with Gasteiger partial charge in [0.25, 0.3) is 0 Å². The second kappa shape index (κ2) is 11.0. The average molecular weight is 245 g/mol. The standard InChI is InChI=1S/C14H31NO2/c1-6-11-15-13(10-9-12(4)5)14(16-7-2)17-8-3/h12-15H,6-11H2,1-5H3. The maximum Gasteiger partial charge on any atom is 0.172 e. The van der Waals surface area contributed by atoms with Crippen LogP contribution in [-0.2, 0) is 9.47 Å². The van der Waals surface area contributed by atoms with E-state index < -0.39 is 0 Å². The fraction of sp³-hybridized carbons (Fsp3) is 1.00. The van der Waals surface area contributed by atoms with Gasteiger partial charge in [-0.15, -0.1) is 0 Å². The van der Waals surface area contributed by atoms with Crippen LogP contribution in [0.25, 0.3) is 0 Å². The second-order valence-electron chi connectivity index (χ2n) is 4.81. The fourth-order valence-electron chi connectivity index (χ4n) is 1.79. The molecule has 0 bridgehead atoms. The Kier molecular flexibility index (Phi) is 10.9. The molecule has 0 aromatic rings. The molecular formula is C14H31NO2. The summed E-state index contributed by atoms with van der Waals surface area (Å²) in [5.74, 6) is 0.727. The first-order valence-electron chi connectivity index (χ1n) is 7.12. The zero-order valence-corrected chi connectivity index (χ0v) is 12.3. The van der Waals surface area contributed by atoms with Crippen LogP contribution in [0.4, 0.5) is 0 Å². The van der Waals surface area contributed by atoms with Gasteiger partial charge in [-0.05, 0) is 45.6 Å². The van der Waals surface area contributed by atoms with Gasteiger partial charge in [-0.1, -0.05) is 20.8 Å². The molecule has 0 aliphatic carbocycles. The Morgan fingerprint density at radius 2 is 1.53 bits per heavy atom. The Morgan fingerprint density at radius 3 is 1.94 bits per heavy atom. The molecule has 0 aromatic carbocycles. The first kappa shape index (κ1) is 16.9. The average Bonchev–Trinajstić information content (AvgIpc) is 2.29. The quantitative estimate of drug-likeness (QED) is 0.567. The van der Waals surface area contributed by atoms with Gasteiger partial charge in [0.15, 0.2) is 6.29 Å². The molecule has 0 amide bonds. The molecule has 17 heavy (non-hydrogen) atoms. The van der Waals surface area contributed by atoms with Crippen molar-refractivity contribution in [2.75, 3.05) is 19.8 Å². The van der Waals surface area contributed by atoms with Gasteiger partial charge < -0.3 is 14.8 Å². The van der Waals surface area contributed by atoms with Crippen LogP contribution in [0.1, 0.15) is 53.9 Å². The van der Waals surface area contributed by atoms with Crippen LogP contribution in [0.2, 0.25) is 0 Å². The second-order valence-corrected chi connectivity index (χ2v) is 4.81. The van der Waals surface area contributed by atoms with Gasteiger partial charge >= 0.3 is 0 Å². The van der Waals surface area contributed by atoms with Crippen molar-refractivity contribution >= 4 is 0 Å². The Balaban J connectivity index is 4.25. The van der Waals surface area contributed by atoms with Crippen LogP contribution < -0.4 is 5.32 Å². The molecule has 0 radical (unpaired) electrons. The molecule has 0 saturated carbocycles. The highest BCUT2D eigenvalue weighted by Crippen LogP contribution is 2.13. The highest BCUT2D eigenvalue weighted by Gasteiger charge is 2.21. The number of ether oxygens (including phenoxy) is 2. The Hall–Kier alpha value is -0.120. The molecule has 1 N–H and O–H groups in total. The van der Waals surface area contributed by atoms with Crippen LogP contribution in [0.15, 0.2) is 0 Å². The minimum absolute atomic E-state index is 0.102.